The van der Waals surface area contributed by atoms with Gasteiger partial charge in [0, 0.05) is 38.8 Å². The molecule has 0 aromatic carbocycles. The molecule has 0 aromatic heterocycles. The van der Waals surface area contributed by atoms with Crippen molar-refractivity contribution in [2.24, 2.45) is 0 Å². The van der Waals surface area contributed by atoms with Gasteiger partial charge in [-0.05, 0) is 13.0 Å². The monoisotopic (exact) mass is 193 g/mol. The van der Waals surface area contributed by atoms with Crippen LogP contribution < -0.4 is 5.32 Å². The SMILES string of the molecule is C#CCN1CCN(CC2CCN2)CC1. The maximum absolute atomic E-state index is 5.29. The number of nitrogens with zero attached hydrogens (tertiary/aromatic N) is 2. The third-order valence-corrected chi connectivity index (χ3v) is 3.18. The van der Waals surface area contributed by atoms with Gasteiger partial charge in [0.1, 0.15) is 0 Å². The van der Waals surface area contributed by atoms with Crippen molar-refractivity contribution in [3.8, 4) is 12.3 Å². The van der Waals surface area contributed by atoms with E-state index in [1.165, 1.54) is 32.6 Å². The highest BCUT2D eigenvalue weighted by atomic mass is 15.3. The van der Waals surface area contributed by atoms with Crippen LogP contribution in [-0.2, 0) is 0 Å². The van der Waals surface area contributed by atoms with Crippen LogP contribution in [0.4, 0.5) is 0 Å². The van der Waals surface area contributed by atoms with Crippen LogP contribution in [0.3, 0.4) is 0 Å². The van der Waals surface area contributed by atoms with Gasteiger partial charge >= 0.3 is 0 Å². The van der Waals surface area contributed by atoms with Gasteiger partial charge in [0.05, 0.1) is 6.54 Å². The van der Waals surface area contributed by atoms with Crippen LogP contribution in [-0.4, -0.2) is 61.7 Å². The maximum Gasteiger partial charge on any atom is 0.0599 e. The van der Waals surface area contributed by atoms with Gasteiger partial charge in [0.2, 0.25) is 0 Å². The fraction of sp³-hybridized carbons (Fsp3) is 0.818. The lowest BCUT2D eigenvalue weighted by Crippen LogP contribution is -2.54. The van der Waals surface area contributed by atoms with Crippen molar-refractivity contribution < 1.29 is 0 Å². The van der Waals surface area contributed by atoms with Crippen molar-refractivity contribution in [3.63, 3.8) is 0 Å². The van der Waals surface area contributed by atoms with Crippen LogP contribution in [0.15, 0.2) is 0 Å². The van der Waals surface area contributed by atoms with E-state index in [1.807, 2.05) is 0 Å². The molecule has 3 heteroatoms. The third kappa shape index (κ3) is 2.48. The molecule has 0 saturated carbocycles. The fourth-order valence-corrected chi connectivity index (χ4v) is 2.08. The molecular formula is C11H19N3. The summed E-state index contributed by atoms with van der Waals surface area (Å²) in [6.45, 7) is 7.88. The Balaban J connectivity index is 1.65. The smallest absolute Gasteiger partial charge is 0.0599 e. The van der Waals surface area contributed by atoms with Crippen LogP contribution in [0, 0.1) is 12.3 Å². The molecular weight excluding hydrogens is 174 g/mol. The lowest BCUT2D eigenvalue weighted by atomic mass is 10.1. The molecule has 2 fully saturated rings. The summed E-state index contributed by atoms with van der Waals surface area (Å²) in [6.07, 6.45) is 6.64. The molecule has 2 rings (SSSR count). The normalized spacial score (nSPS) is 29.5. The number of hydrogen-bond acceptors (Lipinski definition) is 3. The first-order valence-corrected chi connectivity index (χ1v) is 5.50. The Hall–Kier alpha value is -0.560. The molecule has 2 aliphatic rings. The van der Waals surface area contributed by atoms with E-state index in [9.17, 15) is 0 Å². The van der Waals surface area contributed by atoms with E-state index in [0.717, 1.165) is 25.7 Å². The van der Waals surface area contributed by atoms with E-state index >= 15 is 0 Å². The topological polar surface area (TPSA) is 18.5 Å². The molecule has 0 bridgehead atoms. The lowest BCUT2D eigenvalue weighted by Gasteiger charge is -2.38. The predicted molar refractivity (Wildman–Crippen MR) is 58.1 cm³/mol. The first-order valence-electron chi connectivity index (χ1n) is 5.50. The second-order valence-corrected chi connectivity index (χ2v) is 4.22. The van der Waals surface area contributed by atoms with E-state index in [0.29, 0.717) is 0 Å². The zero-order chi connectivity index (χ0) is 9.80. The summed E-state index contributed by atoms with van der Waals surface area (Å²) in [6, 6.07) is 0.759. The molecule has 1 unspecified atom stereocenters. The van der Waals surface area contributed by atoms with Crippen molar-refractivity contribution in [2.75, 3.05) is 45.8 Å². The highest BCUT2D eigenvalue weighted by Crippen LogP contribution is 2.07. The average molecular weight is 193 g/mol. The average Bonchev–Trinajstić information content (AvgIpc) is 2.14. The van der Waals surface area contributed by atoms with Crippen LogP contribution in [0.5, 0.6) is 0 Å². The molecule has 2 saturated heterocycles. The molecule has 14 heavy (non-hydrogen) atoms. The first-order chi connectivity index (χ1) is 6.88. The molecule has 0 aromatic rings. The van der Waals surface area contributed by atoms with Crippen LogP contribution in [0.2, 0.25) is 0 Å². The Kier molecular flexibility index (Phi) is 3.41. The standard InChI is InChI=1S/C11H19N3/c1-2-5-13-6-8-14(9-7-13)10-11-3-4-12-11/h1,11-12H,3-10H2. The summed E-state index contributed by atoms with van der Waals surface area (Å²) < 4.78 is 0. The van der Waals surface area contributed by atoms with Gasteiger partial charge in [-0.2, -0.15) is 0 Å². The van der Waals surface area contributed by atoms with Gasteiger partial charge in [-0.1, -0.05) is 5.92 Å². The lowest BCUT2D eigenvalue weighted by molar-refractivity contribution is 0.122. The molecule has 0 radical (unpaired) electrons. The second-order valence-electron chi connectivity index (χ2n) is 4.22. The van der Waals surface area contributed by atoms with Crippen LogP contribution in [0.1, 0.15) is 6.42 Å². The summed E-state index contributed by atoms with van der Waals surface area (Å²) >= 11 is 0. The number of hydrogen-bond donors (Lipinski definition) is 1. The van der Waals surface area contributed by atoms with Crippen molar-refractivity contribution in [1.29, 1.82) is 0 Å². The van der Waals surface area contributed by atoms with Gasteiger partial charge in [-0.3, -0.25) is 9.80 Å². The maximum atomic E-state index is 5.29. The quantitative estimate of drug-likeness (QED) is 0.615. The minimum Gasteiger partial charge on any atom is -0.313 e. The number of nitrogens with one attached hydrogen (secondary N) is 1. The molecule has 78 valence electrons. The van der Waals surface area contributed by atoms with Crippen LogP contribution >= 0.6 is 0 Å². The van der Waals surface area contributed by atoms with Crippen molar-refractivity contribution in [2.45, 2.75) is 12.5 Å². The van der Waals surface area contributed by atoms with E-state index in [1.54, 1.807) is 0 Å². The predicted octanol–water partition coefficient (Wildman–Crippen LogP) is -0.401. The zero-order valence-electron chi connectivity index (χ0n) is 8.71. The molecule has 0 aliphatic carbocycles. The summed E-state index contributed by atoms with van der Waals surface area (Å²) in [5.74, 6) is 2.71. The molecule has 2 aliphatic heterocycles. The number of terminal acetylenes is 1. The highest BCUT2D eigenvalue weighted by molar-refractivity contribution is 4.90. The van der Waals surface area contributed by atoms with Gasteiger partial charge in [-0.25, -0.2) is 0 Å². The Morgan fingerprint density at radius 3 is 2.36 bits per heavy atom. The number of piperazine rings is 1. The fourth-order valence-electron chi connectivity index (χ4n) is 2.08. The molecule has 2 heterocycles. The summed E-state index contributed by atoms with van der Waals surface area (Å²) in [4.78, 5) is 4.90. The Bertz CT molecular complexity index is 209. The Morgan fingerprint density at radius 2 is 1.86 bits per heavy atom. The van der Waals surface area contributed by atoms with Gasteiger partial charge < -0.3 is 5.32 Å². The summed E-state index contributed by atoms with van der Waals surface area (Å²) in [5, 5.41) is 3.44. The van der Waals surface area contributed by atoms with Crippen molar-refractivity contribution >= 4 is 0 Å². The van der Waals surface area contributed by atoms with E-state index in [2.05, 4.69) is 21.0 Å². The summed E-state index contributed by atoms with van der Waals surface area (Å²) in [5.41, 5.74) is 0. The molecule has 1 N–H and O–H groups in total. The molecule has 3 nitrogen and oxygen atoms in total. The minimum absolute atomic E-state index is 0.759. The third-order valence-electron chi connectivity index (χ3n) is 3.18. The largest absolute Gasteiger partial charge is 0.313 e. The van der Waals surface area contributed by atoms with Gasteiger partial charge in [0.25, 0.3) is 0 Å². The van der Waals surface area contributed by atoms with E-state index < -0.39 is 0 Å². The number of rotatable bonds is 3. The molecule has 0 amide bonds. The van der Waals surface area contributed by atoms with Crippen LogP contribution in [0.25, 0.3) is 0 Å². The highest BCUT2D eigenvalue weighted by Gasteiger charge is 2.22. The van der Waals surface area contributed by atoms with Gasteiger partial charge in [0.15, 0.2) is 0 Å². The first kappa shape index (κ1) is 9.97. The van der Waals surface area contributed by atoms with E-state index in [-0.39, 0.29) is 0 Å². The minimum atomic E-state index is 0.759. The zero-order valence-corrected chi connectivity index (χ0v) is 8.71. The Morgan fingerprint density at radius 1 is 1.21 bits per heavy atom. The molecule has 1 atom stereocenters. The van der Waals surface area contributed by atoms with Gasteiger partial charge in [-0.15, -0.1) is 6.42 Å². The second kappa shape index (κ2) is 4.79. The van der Waals surface area contributed by atoms with Crippen molar-refractivity contribution in [1.82, 2.24) is 15.1 Å². The Labute approximate surface area is 86.4 Å². The van der Waals surface area contributed by atoms with E-state index in [4.69, 9.17) is 6.42 Å². The summed E-state index contributed by atoms with van der Waals surface area (Å²) in [7, 11) is 0. The van der Waals surface area contributed by atoms with Crippen molar-refractivity contribution in [3.05, 3.63) is 0 Å². The molecule has 0 spiro atoms.